The van der Waals surface area contributed by atoms with Crippen LogP contribution in [-0.2, 0) is 6.54 Å². The number of benzene rings is 1. The summed E-state index contributed by atoms with van der Waals surface area (Å²) in [4.78, 5) is 8.59. The van der Waals surface area contributed by atoms with Crippen LogP contribution in [0.4, 0.5) is 4.39 Å². The molecule has 0 amide bonds. The number of nitrogens with zero attached hydrogens (tertiary/aromatic N) is 2. The van der Waals surface area contributed by atoms with Crippen LogP contribution in [0.2, 0.25) is 0 Å². The van der Waals surface area contributed by atoms with Crippen LogP contribution >= 0.6 is 0 Å². The SMILES string of the molecule is Fc1ccc(Oc2ccc(CNC3=NCCCN3)cn2)cc1. The summed E-state index contributed by atoms with van der Waals surface area (Å²) in [5.74, 6) is 1.57. The molecule has 114 valence electrons. The van der Waals surface area contributed by atoms with Crippen LogP contribution in [0.1, 0.15) is 12.0 Å². The number of hydrogen-bond donors (Lipinski definition) is 2. The van der Waals surface area contributed by atoms with Crippen LogP contribution in [0.3, 0.4) is 0 Å². The molecule has 0 spiro atoms. The molecule has 22 heavy (non-hydrogen) atoms. The van der Waals surface area contributed by atoms with Gasteiger partial charge in [-0.2, -0.15) is 0 Å². The molecule has 2 heterocycles. The molecule has 0 saturated carbocycles. The first kappa shape index (κ1) is 14.3. The van der Waals surface area contributed by atoms with Crippen molar-refractivity contribution in [2.75, 3.05) is 13.1 Å². The largest absolute Gasteiger partial charge is 0.439 e. The van der Waals surface area contributed by atoms with Gasteiger partial charge >= 0.3 is 0 Å². The van der Waals surface area contributed by atoms with E-state index in [0.29, 0.717) is 18.2 Å². The summed E-state index contributed by atoms with van der Waals surface area (Å²) in [6.07, 6.45) is 2.82. The molecule has 0 bridgehead atoms. The molecule has 2 N–H and O–H groups in total. The zero-order valence-electron chi connectivity index (χ0n) is 12.1. The molecule has 0 atom stereocenters. The number of ether oxygens (including phenoxy) is 1. The maximum Gasteiger partial charge on any atom is 0.219 e. The van der Waals surface area contributed by atoms with Gasteiger partial charge in [-0.3, -0.25) is 4.99 Å². The molecule has 1 aromatic carbocycles. The lowest BCUT2D eigenvalue weighted by atomic mass is 10.3. The molecule has 1 aliphatic heterocycles. The second-order valence-corrected chi connectivity index (χ2v) is 4.92. The Balaban J connectivity index is 1.55. The highest BCUT2D eigenvalue weighted by Gasteiger charge is 2.04. The van der Waals surface area contributed by atoms with Gasteiger partial charge in [0.15, 0.2) is 5.96 Å². The van der Waals surface area contributed by atoms with Gasteiger partial charge in [-0.1, -0.05) is 6.07 Å². The van der Waals surface area contributed by atoms with E-state index in [1.54, 1.807) is 24.4 Å². The van der Waals surface area contributed by atoms with Crippen molar-refractivity contribution in [2.45, 2.75) is 13.0 Å². The van der Waals surface area contributed by atoms with Gasteiger partial charge in [0.2, 0.25) is 5.88 Å². The van der Waals surface area contributed by atoms with Crippen LogP contribution in [0.15, 0.2) is 47.6 Å². The van der Waals surface area contributed by atoms with Gasteiger partial charge in [0.1, 0.15) is 11.6 Å². The van der Waals surface area contributed by atoms with Crippen molar-refractivity contribution in [2.24, 2.45) is 4.99 Å². The molecule has 0 radical (unpaired) electrons. The number of pyridine rings is 1. The summed E-state index contributed by atoms with van der Waals surface area (Å²) in [6, 6.07) is 9.56. The molecule has 0 aliphatic carbocycles. The van der Waals surface area contributed by atoms with E-state index in [-0.39, 0.29) is 5.82 Å². The van der Waals surface area contributed by atoms with Gasteiger partial charge in [-0.05, 0) is 36.2 Å². The minimum Gasteiger partial charge on any atom is -0.439 e. The second kappa shape index (κ2) is 6.89. The molecular weight excluding hydrogens is 283 g/mol. The van der Waals surface area contributed by atoms with E-state index in [1.165, 1.54) is 12.1 Å². The summed E-state index contributed by atoms with van der Waals surface area (Å²) in [5.41, 5.74) is 1.03. The van der Waals surface area contributed by atoms with E-state index >= 15 is 0 Å². The maximum absolute atomic E-state index is 12.8. The third-order valence-corrected chi connectivity index (χ3v) is 3.19. The minimum absolute atomic E-state index is 0.291. The highest BCUT2D eigenvalue weighted by molar-refractivity contribution is 5.80. The number of guanidine groups is 1. The molecule has 5 nitrogen and oxygen atoms in total. The lowest BCUT2D eigenvalue weighted by Gasteiger charge is -2.15. The Bertz CT molecular complexity index is 640. The molecular formula is C16H17FN4O. The van der Waals surface area contributed by atoms with Crippen LogP contribution in [0.25, 0.3) is 0 Å². The zero-order chi connectivity index (χ0) is 15.2. The lowest BCUT2D eigenvalue weighted by molar-refractivity contribution is 0.461. The van der Waals surface area contributed by atoms with Gasteiger partial charge < -0.3 is 15.4 Å². The molecule has 2 aromatic rings. The lowest BCUT2D eigenvalue weighted by Crippen LogP contribution is -2.40. The third kappa shape index (κ3) is 3.94. The highest BCUT2D eigenvalue weighted by Crippen LogP contribution is 2.19. The topological polar surface area (TPSA) is 58.5 Å². The predicted molar refractivity (Wildman–Crippen MR) is 82.5 cm³/mol. The average molecular weight is 300 g/mol. The van der Waals surface area contributed by atoms with Crippen LogP contribution in [0.5, 0.6) is 11.6 Å². The monoisotopic (exact) mass is 300 g/mol. The average Bonchev–Trinajstić information content (AvgIpc) is 2.57. The van der Waals surface area contributed by atoms with E-state index in [1.807, 2.05) is 6.07 Å². The molecule has 1 aliphatic rings. The second-order valence-electron chi connectivity index (χ2n) is 4.92. The number of rotatable bonds is 4. The fourth-order valence-electron chi connectivity index (χ4n) is 2.04. The normalized spacial score (nSPS) is 14.0. The van der Waals surface area contributed by atoms with E-state index < -0.39 is 0 Å². The van der Waals surface area contributed by atoms with Gasteiger partial charge in [0.25, 0.3) is 0 Å². The first-order valence-electron chi connectivity index (χ1n) is 7.20. The van der Waals surface area contributed by atoms with Crippen molar-refractivity contribution in [3.05, 3.63) is 54.0 Å². The molecule has 3 rings (SSSR count). The third-order valence-electron chi connectivity index (χ3n) is 3.19. The summed E-state index contributed by atoms with van der Waals surface area (Å²) in [5, 5.41) is 6.43. The van der Waals surface area contributed by atoms with Crippen molar-refractivity contribution in [1.29, 1.82) is 0 Å². The van der Waals surface area contributed by atoms with Gasteiger partial charge in [-0.15, -0.1) is 0 Å². The first-order chi connectivity index (χ1) is 10.8. The number of hydrogen-bond acceptors (Lipinski definition) is 5. The van der Waals surface area contributed by atoms with E-state index in [4.69, 9.17) is 4.74 Å². The van der Waals surface area contributed by atoms with Crippen molar-refractivity contribution < 1.29 is 9.13 Å². The Morgan fingerprint density at radius 3 is 2.73 bits per heavy atom. The minimum atomic E-state index is -0.291. The maximum atomic E-state index is 12.8. The van der Waals surface area contributed by atoms with Crippen molar-refractivity contribution in [3.63, 3.8) is 0 Å². The summed E-state index contributed by atoms with van der Waals surface area (Å²) < 4.78 is 18.4. The van der Waals surface area contributed by atoms with E-state index in [9.17, 15) is 4.39 Å². The van der Waals surface area contributed by atoms with Gasteiger partial charge in [0, 0.05) is 31.9 Å². The molecule has 1 aromatic heterocycles. The van der Waals surface area contributed by atoms with E-state index in [2.05, 4.69) is 20.6 Å². The van der Waals surface area contributed by atoms with Crippen LogP contribution in [-0.4, -0.2) is 24.0 Å². The highest BCUT2D eigenvalue weighted by atomic mass is 19.1. The summed E-state index contributed by atoms with van der Waals surface area (Å²) in [6.45, 7) is 2.46. The van der Waals surface area contributed by atoms with Crippen molar-refractivity contribution in [3.8, 4) is 11.6 Å². The van der Waals surface area contributed by atoms with E-state index in [0.717, 1.165) is 31.0 Å². The fourth-order valence-corrected chi connectivity index (χ4v) is 2.04. The molecule has 0 fully saturated rings. The fraction of sp³-hybridized carbons (Fsp3) is 0.250. The molecule has 0 unspecified atom stereocenters. The Morgan fingerprint density at radius 2 is 2.05 bits per heavy atom. The zero-order valence-corrected chi connectivity index (χ0v) is 12.1. The summed E-state index contributed by atoms with van der Waals surface area (Å²) in [7, 11) is 0. The Morgan fingerprint density at radius 1 is 1.18 bits per heavy atom. The molecule has 6 heteroatoms. The Kier molecular flexibility index (Phi) is 4.48. The Hall–Kier alpha value is -2.63. The van der Waals surface area contributed by atoms with Crippen LogP contribution < -0.4 is 15.4 Å². The summed E-state index contributed by atoms with van der Waals surface area (Å²) >= 11 is 0. The first-order valence-corrected chi connectivity index (χ1v) is 7.20. The van der Waals surface area contributed by atoms with Crippen molar-refractivity contribution >= 4 is 5.96 Å². The quantitative estimate of drug-likeness (QED) is 0.910. The van der Waals surface area contributed by atoms with Crippen LogP contribution in [0, 0.1) is 5.82 Å². The van der Waals surface area contributed by atoms with Crippen molar-refractivity contribution in [1.82, 2.24) is 15.6 Å². The van der Waals surface area contributed by atoms with Gasteiger partial charge in [0.05, 0.1) is 0 Å². The molecule has 0 saturated heterocycles. The number of aliphatic imine (C=N–C) groups is 1. The number of aromatic nitrogens is 1. The number of halogens is 1. The Labute approximate surface area is 128 Å². The predicted octanol–water partition coefficient (Wildman–Crippen LogP) is 2.45. The number of nitrogens with one attached hydrogen (secondary N) is 2. The van der Waals surface area contributed by atoms with Gasteiger partial charge in [-0.25, -0.2) is 9.37 Å². The standard InChI is InChI=1S/C16H17FN4O/c17-13-3-5-14(6-4-13)22-15-7-2-12(10-20-15)11-21-16-18-8-1-9-19-16/h2-7,10H,1,8-9,11H2,(H2,18,19,21). The smallest absolute Gasteiger partial charge is 0.219 e.